The van der Waals surface area contributed by atoms with E-state index in [1.807, 2.05) is 24.0 Å². The smallest absolute Gasteiger partial charge is 0.118 e. The van der Waals surface area contributed by atoms with Crippen LogP contribution in [0.25, 0.3) is 0 Å². The Hall–Kier alpha value is -1.01. The Morgan fingerprint density at radius 1 is 0.947 bits per heavy atom. The molecule has 0 aromatic heterocycles. The summed E-state index contributed by atoms with van der Waals surface area (Å²) in [6.07, 6.45) is 14.2. The van der Waals surface area contributed by atoms with Crippen LogP contribution in [-0.4, -0.2) is 39.3 Å². The summed E-state index contributed by atoms with van der Waals surface area (Å²) in [6.45, 7) is 10.8. The second-order valence-corrected chi connectivity index (χ2v) is 13.8. The minimum absolute atomic E-state index is 0.362. The fraction of sp³-hybridized carbons (Fsp3) is 0.758. The van der Waals surface area contributed by atoms with Crippen molar-refractivity contribution >= 4 is 12.0 Å². The zero-order chi connectivity index (χ0) is 26.6. The van der Waals surface area contributed by atoms with E-state index in [9.17, 15) is 0 Å². The fourth-order valence-electron chi connectivity index (χ4n) is 10.6. The van der Waals surface area contributed by atoms with Crippen LogP contribution in [0.2, 0.25) is 0 Å². The fourth-order valence-corrected chi connectivity index (χ4v) is 10.8. The molecular weight excluding hydrogens is 492 g/mol. The van der Waals surface area contributed by atoms with Crippen molar-refractivity contribution in [3.63, 3.8) is 0 Å². The lowest BCUT2D eigenvalue weighted by atomic mass is 9.24. The number of methoxy groups -OCH3 is 1. The molecule has 1 spiro atoms. The maximum absolute atomic E-state index is 6.48. The topological polar surface area (TPSA) is 36.9 Å². The predicted molar refractivity (Wildman–Crippen MR) is 154 cm³/mol. The first kappa shape index (κ1) is 27.2. The van der Waals surface area contributed by atoms with Gasteiger partial charge in [0.05, 0.1) is 39.6 Å². The highest BCUT2D eigenvalue weighted by Crippen LogP contribution is 2.87. The second kappa shape index (κ2) is 10.1. The summed E-state index contributed by atoms with van der Waals surface area (Å²) in [4.78, 5) is 0. The number of hydrogen-bond acceptors (Lipinski definition) is 5. The quantitative estimate of drug-likeness (QED) is 0.161. The van der Waals surface area contributed by atoms with Gasteiger partial charge in [0.25, 0.3) is 0 Å². The zero-order valence-electron chi connectivity index (χ0n) is 24.3. The summed E-state index contributed by atoms with van der Waals surface area (Å²) < 4.78 is 23.4. The van der Waals surface area contributed by atoms with Crippen LogP contribution in [0.1, 0.15) is 84.1 Å². The number of hydrogen-bond donors (Lipinski definition) is 0. The number of ether oxygens (including phenoxy) is 3. The summed E-state index contributed by atoms with van der Waals surface area (Å²) in [5.41, 5.74) is 6.67. The van der Waals surface area contributed by atoms with Gasteiger partial charge in [0.1, 0.15) is 5.75 Å². The lowest BCUT2D eigenvalue weighted by Gasteiger charge is -2.80. The molecule has 38 heavy (non-hydrogen) atoms. The SMILES string of the molecule is CC[C@@]12CC[C@H](COCCOSC)[C@@]1(C)CC[C@]13C(=C4C[C@@H](OCc5ccc(OC)cc5)CC[C@@]41C)C[C@@H]23. The van der Waals surface area contributed by atoms with Crippen LogP contribution in [-0.2, 0) is 20.3 Å². The lowest BCUT2D eigenvalue weighted by Crippen LogP contribution is -2.72. The molecule has 5 aliphatic rings. The molecule has 0 N–H and O–H groups in total. The van der Waals surface area contributed by atoms with Crippen molar-refractivity contribution in [1.82, 2.24) is 0 Å². The first-order valence-corrected chi connectivity index (χ1v) is 16.2. The number of benzene rings is 1. The Bertz CT molecular complexity index is 1050. The lowest BCUT2D eigenvalue weighted by molar-refractivity contribution is -0.218. The molecular formula is C33H48O4S. The molecule has 6 rings (SSSR count). The van der Waals surface area contributed by atoms with Crippen molar-refractivity contribution in [3.05, 3.63) is 41.0 Å². The molecule has 7 atom stereocenters. The van der Waals surface area contributed by atoms with Gasteiger partial charge < -0.3 is 18.4 Å². The minimum Gasteiger partial charge on any atom is -0.497 e. The molecule has 4 nitrogen and oxygen atoms in total. The molecule has 0 amide bonds. The van der Waals surface area contributed by atoms with Crippen molar-refractivity contribution in [1.29, 1.82) is 0 Å². The largest absolute Gasteiger partial charge is 0.497 e. The van der Waals surface area contributed by atoms with Crippen LogP contribution >= 0.6 is 12.0 Å². The van der Waals surface area contributed by atoms with Gasteiger partial charge in [-0.15, -0.1) is 0 Å². The Kier molecular flexibility index (Phi) is 7.24. The minimum atomic E-state index is 0.362. The Balaban J connectivity index is 1.14. The number of allylic oxidation sites excluding steroid dienone is 1. The van der Waals surface area contributed by atoms with Crippen molar-refractivity contribution in [2.75, 3.05) is 33.2 Å². The van der Waals surface area contributed by atoms with E-state index in [-0.39, 0.29) is 0 Å². The summed E-state index contributed by atoms with van der Waals surface area (Å²) >= 11 is 1.43. The van der Waals surface area contributed by atoms with Gasteiger partial charge in [0.2, 0.25) is 0 Å². The van der Waals surface area contributed by atoms with Crippen molar-refractivity contribution in [2.45, 2.75) is 91.3 Å². The molecule has 0 aliphatic heterocycles. The average molecular weight is 541 g/mol. The van der Waals surface area contributed by atoms with Crippen molar-refractivity contribution < 1.29 is 18.4 Å². The standard InChI is InChI=1S/C33H48O4S/c1-6-32-14-11-24(22-35-17-18-37-38-5)30(32,2)15-16-33-28(20-29(32)33)27-19-26(12-13-31(27,33)3)36-21-23-7-9-25(34-4)10-8-23/h7-10,24,26,29H,6,11-22H2,1-5H3/t24-,26+,29+,30-,31+,32+,33-/m1/s1. The molecule has 0 heterocycles. The van der Waals surface area contributed by atoms with Crippen molar-refractivity contribution in [3.8, 4) is 5.75 Å². The molecule has 4 saturated carbocycles. The maximum Gasteiger partial charge on any atom is 0.118 e. The molecule has 5 heteroatoms. The zero-order valence-corrected chi connectivity index (χ0v) is 25.1. The summed E-state index contributed by atoms with van der Waals surface area (Å²) in [5.74, 6) is 2.46. The van der Waals surface area contributed by atoms with E-state index in [4.69, 9.17) is 18.4 Å². The molecule has 0 bridgehead atoms. The average Bonchev–Trinajstić information content (AvgIpc) is 3.21. The third-order valence-corrected chi connectivity index (χ3v) is 13.1. The van der Waals surface area contributed by atoms with E-state index in [1.165, 1.54) is 69.0 Å². The monoisotopic (exact) mass is 540 g/mol. The van der Waals surface area contributed by atoms with Gasteiger partial charge in [-0.25, -0.2) is 0 Å². The van der Waals surface area contributed by atoms with Crippen LogP contribution in [0, 0.1) is 33.5 Å². The summed E-state index contributed by atoms with van der Waals surface area (Å²) in [5, 5.41) is 0. The summed E-state index contributed by atoms with van der Waals surface area (Å²) in [6, 6.07) is 8.32. The van der Waals surface area contributed by atoms with E-state index in [0.29, 0.717) is 46.9 Å². The molecule has 5 aliphatic carbocycles. The van der Waals surface area contributed by atoms with Crippen molar-refractivity contribution in [2.24, 2.45) is 33.5 Å². The Morgan fingerprint density at radius 2 is 1.76 bits per heavy atom. The third kappa shape index (κ3) is 3.67. The molecule has 0 radical (unpaired) electrons. The van der Waals surface area contributed by atoms with Crippen LogP contribution in [0.3, 0.4) is 0 Å². The van der Waals surface area contributed by atoms with Crippen LogP contribution in [0.5, 0.6) is 5.75 Å². The predicted octanol–water partition coefficient (Wildman–Crippen LogP) is 8.00. The highest BCUT2D eigenvalue weighted by molar-refractivity contribution is 7.93. The van der Waals surface area contributed by atoms with Gasteiger partial charge >= 0.3 is 0 Å². The van der Waals surface area contributed by atoms with E-state index in [1.54, 1.807) is 12.7 Å². The maximum atomic E-state index is 6.48. The molecule has 0 unspecified atom stereocenters. The Labute approximate surface area is 234 Å². The molecule has 1 aromatic carbocycles. The molecule has 210 valence electrons. The molecule has 1 aromatic rings. The van der Waals surface area contributed by atoms with Gasteiger partial charge in [-0.05, 0) is 116 Å². The van der Waals surface area contributed by atoms with Crippen LogP contribution in [0.15, 0.2) is 35.4 Å². The number of fused-ring (bicyclic) bond motifs is 3. The highest BCUT2D eigenvalue weighted by Gasteiger charge is 2.79. The molecule has 4 fully saturated rings. The van der Waals surface area contributed by atoms with Gasteiger partial charge in [0.15, 0.2) is 0 Å². The van der Waals surface area contributed by atoms with Gasteiger partial charge in [-0.1, -0.05) is 44.1 Å². The first-order valence-electron chi connectivity index (χ1n) is 15.1. The van der Waals surface area contributed by atoms with Gasteiger partial charge in [-0.2, -0.15) is 0 Å². The van der Waals surface area contributed by atoms with Crippen LogP contribution in [0.4, 0.5) is 0 Å². The van der Waals surface area contributed by atoms with E-state index < -0.39 is 0 Å². The number of rotatable bonds is 11. The van der Waals surface area contributed by atoms with Gasteiger partial charge in [-0.3, -0.25) is 0 Å². The first-order chi connectivity index (χ1) is 18.4. The third-order valence-electron chi connectivity index (χ3n) is 12.7. The molecule has 0 saturated heterocycles. The van der Waals surface area contributed by atoms with Crippen LogP contribution < -0.4 is 4.74 Å². The Morgan fingerprint density at radius 3 is 2.50 bits per heavy atom. The van der Waals surface area contributed by atoms with E-state index >= 15 is 0 Å². The van der Waals surface area contributed by atoms with E-state index in [2.05, 4.69) is 32.9 Å². The summed E-state index contributed by atoms with van der Waals surface area (Å²) in [7, 11) is 1.72. The van der Waals surface area contributed by atoms with E-state index in [0.717, 1.165) is 31.3 Å². The van der Waals surface area contributed by atoms with Gasteiger partial charge in [0, 0.05) is 11.7 Å². The normalized spacial score (nSPS) is 40.9. The second-order valence-electron chi connectivity index (χ2n) is 13.3. The highest BCUT2D eigenvalue weighted by atomic mass is 32.2.